The van der Waals surface area contributed by atoms with Crippen LogP contribution in [-0.4, -0.2) is 25.5 Å². The van der Waals surface area contributed by atoms with Gasteiger partial charge in [0.25, 0.3) is 0 Å². The Bertz CT molecular complexity index is 1170. The first-order valence-electron chi connectivity index (χ1n) is 9.68. The number of alkyl halides is 3. The van der Waals surface area contributed by atoms with E-state index in [9.17, 15) is 18.0 Å². The van der Waals surface area contributed by atoms with Gasteiger partial charge in [-0.1, -0.05) is 53.0 Å². The molecule has 1 fully saturated rings. The van der Waals surface area contributed by atoms with Gasteiger partial charge in [0.15, 0.2) is 11.5 Å². The zero-order valence-electron chi connectivity index (χ0n) is 16.6. The molecule has 1 amide bonds. The Morgan fingerprint density at radius 1 is 1.19 bits per heavy atom. The van der Waals surface area contributed by atoms with Gasteiger partial charge in [0.2, 0.25) is 5.91 Å². The average Bonchev–Trinajstić information content (AvgIpc) is 3.40. The molecule has 0 aliphatic heterocycles. The first-order valence-corrected chi connectivity index (χ1v) is 10.8. The van der Waals surface area contributed by atoms with E-state index in [4.69, 9.17) is 34.8 Å². The number of hydrogen-bond donors (Lipinski definition) is 1. The van der Waals surface area contributed by atoms with Gasteiger partial charge in [0, 0.05) is 17.1 Å². The van der Waals surface area contributed by atoms with Gasteiger partial charge >= 0.3 is 6.18 Å². The SMILES string of the molecule is CC(C(=O)Nc1nn(Cc2ccccc2Cl)cc1Cl)n1nc(C(F)(F)F)c(Cl)c1C1CC1. The van der Waals surface area contributed by atoms with Crippen LogP contribution in [0, 0.1) is 0 Å². The van der Waals surface area contributed by atoms with Gasteiger partial charge in [-0.15, -0.1) is 0 Å². The largest absolute Gasteiger partial charge is 0.436 e. The molecule has 1 aromatic carbocycles. The molecule has 1 aliphatic rings. The Morgan fingerprint density at radius 3 is 2.50 bits per heavy atom. The molecule has 12 heteroatoms. The zero-order chi connectivity index (χ0) is 23.2. The highest BCUT2D eigenvalue weighted by atomic mass is 35.5. The highest BCUT2D eigenvalue weighted by Crippen LogP contribution is 2.47. The minimum absolute atomic E-state index is 0.0813. The number of benzene rings is 1. The molecule has 1 aliphatic carbocycles. The van der Waals surface area contributed by atoms with Crippen LogP contribution < -0.4 is 5.32 Å². The maximum atomic E-state index is 13.3. The van der Waals surface area contributed by atoms with E-state index in [1.807, 2.05) is 12.1 Å². The molecule has 170 valence electrons. The molecule has 2 aromatic heterocycles. The van der Waals surface area contributed by atoms with Crippen LogP contribution in [-0.2, 0) is 17.5 Å². The number of anilines is 1. The Morgan fingerprint density at radius 2 is 1.88 bits per heavy atom. The predicted molar refractivity (Wildman–Crippen MR) is 115 cm³/mol. The molecule has 1 N–H and O–H groups in total. The summed E-state index contributed by atoms with van der Waals surface area (Å²) in [5.74, 6) is -0.692. The summed E-state index contributed by atoms with van der Waals surface area (Å²) in [6, 6.07) is 6.14. The predicted octanol–water partition coefficient (Wildman–Crippen LogP) is 6.18. The van der Waals surface area contributed by atoms with E-state index in [-0.39, 0.29) is 22.5 Å². The van der Waals surface area contributed by atoms with Gasteiger partial charge in [-0.3, -0.25) is 14.2 Å². The van der Waals surface area contributed by atoms with Crippen LogP contribution in [0.4, 0.5) is 19.0 Å². The van der Waals surface area contributed by atoms with Gasteiger partial charge in [-0.05, 0) is 31.4 Å². The van der Waals surface area contributed by atoms with Crippen LogP contribution in [0.3, 0.4) is 0 Å². The Balaban J connectivity index is 1.55. The summed E-state index contributed by atoms with van der Waals surface area (Å²) in [6.07, 6.45) is -1.82. The molecule has 0 bridgehead atoms. The van der Waals surface area contributed by atoms with Crippen LogP contribution >= 0.6 is 34.8 Å². The zero-order valence-corrected chi connectivity index (χ0v) is 18.9. The normalized spacial score (nSPS) is 15.1. The molecule has 0 radical (unpaired) electrons. The van der Waals surface area contributed by atoms with Crippen molar-refractivity contribution in [1.29, 1.82) is 0 Å². The van der Waals surface area contributed by atoms with Crippen LogP contribution in [0.15, 0.2) is 30.5 Å². The number of carbonyl (C=O) groups is 1. The fraction of sp³-hybridized carbons (Fsp3) is 0.350. The second-order valence-corrected chi connectivity index (χ2v) is 8.74. The van der Waals surface area contributed by atoms with Gasteiger partial charge in [-0.2, -0.15) is 23.4 Å². The highest BCUT2D eigenvalue weighted by molar-refractivity contribution is 6.33. The van der Waals surface area contributed by atoms with Gasteiger partial charge < -0.3 is 5.32 Å². The molecular formula is C20H17Cl3F3N5O. The average molecular weight is 507 g/mol. The summed E-state index contributed by atoms with van der Waals surface area (Å²) < 4.78 is 42.5. The van der Waals surface area contributed by atoms with E-state index >= 15 is 0 Å². The second-order valence-electron chi connectivity index (χ2n) is 7.54. The van der Waals surface area contributed by atoms with Crippen molar-refractivity contribution in [3.05, 3.63) is 62.5 Å². The summed E-state index contributed by atoms with van der Waals surface area (Å²) in [5, 5.41) is 10.7. The molecule has 6 nitrogen and oxygen atoms in total. The van der Waals surface area contributed by atoms with Crippen LogP contribution in [0.25, 0.3) is 0 Å². The smallest absolute Gasteiger partial charge is 0.306 e. The third kappa shape index (κ3) is 4.60. The van der Waals surface area contributed by atoms with Crippen molar-refractivity contribution in [2.45, 2.75) is 44.4 Å². The molecular weight excluding hydrogens is 490 g/mol. The lowest BCUT2D eigenvalue weighted by Crippen LogP contribution is -2.26. The quantitative estimate of drug-likeness (QED) is 0.434. The van der Waals surface area contributed by atoms with Crippen molar-refractivity contribution < 1.29 is 18.0 Å². The van der Waals surface area contributed by atoms with E-state index in [1.54, 1.807) is 12.1 Å². The minimum atomic E-state index is -4.72. The summed E-state index contributed by atoms with van der Waals surface area (Å²) in [6.45, 7) is 1.76. The van der Waals surface area contributed by atoms with Crippen molar-refractivity contribution in [1.82, 2.24) is 19.6 Å². The van der Waals surface area contributed by atoms with Crippen molar-refractivity contribution >= 4 is 46.5 Å². The number of carbonyl (C=O) groups excluding carboxylic acids is 1. The molecule has 0 spiro atoms. The van der Waals surface area contributed by atoms with E-state index in [1.165, 1.54) is 17.8 Å². The van der Waals surface area contributed by atoms with Crippen molar-refractivity contribution in [3.63, 3.8) is 0 Å². The number of rotatable bonds is 6. The standard InChI is InChI=1S/C20H17Cl3F3N5O/c1-10(31-16(11-6-7-11)15(23)17(28-31)20(24,25)26)19(32)27-18-14(22)9-30(29-18)8-12-4-2-3-5-13(12)21/h2-5,9-11H,6-8H2,1H3,(H,27,29,32). The molecule has 0 saturated heterocycles. The molecule has 2 heterocycles. The highest BCUT2D eigenvalue weighted by Gasteiger charge is 2.43. The van der Waals surface area contributed by atoms with Crippen LogP contribution in [0.5, 0.6) is 0 Å². The lowest BCUT2D eigenvalue weighted by molar-refractivity contribution is -0.141. The van der Waals surface area contributed by atoms with E-state index in [2.05, 4.69) is 15.5 Å². The number of hydrogen-bond acceptors (Lipinski definition) is 3. The fourth-order valence-electron chi connectivity index (χ4n) is 3.32. The molecule has 1 saturated carbocycles. The third-order valence-corrected chi connectivity index (χ3v) is 6.13. The lowest BCUT2D eigenvalue weighted by atomic mass is 10.2. The number of aromatic nitrogens is 4. The van der Waals surface area contributed by atoms with E-state index in [0.717, 1.165) is 10.2 Å². The number of amides is 1. The number of nitrogens with zero attached hydrogens (tertiary/aromatic N) is 4. The van der Waals surface area contributed by atoms with E-state index < -0.39 is 28.8 Å². The maximum Gasteiger partial charge on any atom is 0.436 e. The van der Waals surface area contributed by atoms with Crippen molar-refractivity contribution in [3.8, 4) is 0 Å². The van der Waals surface area contributed by atoms with Crippen LogP contribution in [0.1, 0.15) is 48.7 Å². The summed E-state index contributed by atoms with van der Waals surface area (Å²) >= 11 is 18.4. The van der Waals surface area contributed by atoms with Crippen LogP contribution in [0.2, 0.25) is 15.1 Å². The fourth-order valence-corrected chi connectivity index (χ4v) is 4.10. The monoisotopic (exact) mass is 505 g/mol. The van der Waals surface area contributed by atoms with Gasteiger partial charge in [-0.25, -0.2) is 0 Å². The molecule has 3 aromatic rings. The maximum absolute atomic E-state index is 13.3. The lowest BCUT2D eigenvalue weighted by Gasteiger charge is -2.15. The first kappa shape index (κ1) is 22.9. The first-order chi connectivity index (χ1) is 15.1. The van der Waals surface area contributed by atoms with Crippen molar-refractivity contribution in [2.75, 3.05) is 5.32 Å². The van der Waals surface area contributed by atoms with Gasteiger partial charge in [0.05, 0.1) is 17.3 Å². The topological polar surface area (TPSA) is 64.7 Å². The Kier molecular flexibility index (Phi) is 6.17. The molecule has 32 heavy (non-hydrogen) atoms. The molecule has 1 unspecified atom stereocenters. The Labute approximate surface area is 196 Å². The third-order valence-electron chi connectivity index (χ3n) is 5.12. The molecule has 1 atom stereocenters. The summed E-state index contributed by atoms with van der Waals surface area (Å²) in [5.41, 5.74) is -0.167. The van der Waals surface area contributed by atoms with E-state index in [0.29, 0.717) is 24.4 Å². The summed E-state index contributed by atoms with van der Waals surface area (Å²) in [7, 11) is 0. The second kappa shape index (κ2) is 8.61. The van der Waals surface area contributed by atoms with Crippen molar-refractivity contribution in [2.24, 2.45) is 0 Å². The Hall–Kier alpha value is -2.23. The molecule has 4 rings (SSSR count). The summed E-state index contributed by atoms with van der Waals surface area (Å²) in [4.78, 5) is 12.8. The minimum Gasteiger partial charge on any atom is -0.306 e. The number of halogens is 6. The van der Waals surface area contributed by atoms with Gasteiger partial charge in [0.1, 0.15) is 11.1 Å². The number of nitrogens with one attached hydrogen (secondary N) is 1.